The first kappa shape index (κ1) is 13.7. The number of hydrogen-bond donors (Lipinski definition) is 2. The third-order valence-corrected chi connectivity index (χ3v) is 1.84. The molecule has 2 N–H and O–H groups in total. The monoisotopic (exact) mass is 213 g/mol. The predicted molar refractivity (Wildman–Crippen MR) is 58.5 cm³/mol. The summed E-state index contributed by atoms with van der Waals surface area (Å²) < 4.78 is 0. The van der Waals surface area contributed by atoms with Crippen LogP contribution >= 0.6 is 0 Å². The van der Waals surface area contributed by atoms with Crippen LogP contribution in [0.2, 0.25) is 0 Å². The van der Waals surface area contributed by atoms with Gasteiger partial charge in [0.15, 0.2) is 0 Å². The maximum absolute atomic E-state index is 11.3. The highest BCUT2D eigenvalue weighted by Crippen LogP contribution is 2.00. The number of hydrogen-bond acceptors (Lipinski definition) is 2. The van der Waals surface area contributed by atoms with E-state index in [0.717, 1.165) is 5.57 Å². The molecule has 0 bridgehead atoms. The molecule has 0 aromatic heterocycles. The summed E-state index contributed by atoms with van der Waals surface area (Å²) in [4.78, 5) is 21.5. The number of carboxylic acids is 1. The van der Waals surface area contributed by atoms with Gasteiger partial charge in [-0.05, 0) is 33.6 Å². The molecule has 0 aromatic carbocycles. The van der Waals surface area contributed by atoms with E-state index < -0.39 is 5.97 Å². The highest BCUT2D eigenvalue weighted by molar-refractivity contribution is 5.88. The molecule has 0 heterocycles. The molecule has 1 amide bonds. The highest BCUT2D eigenvalue weighted by Gasteiger charge is 2.05. The molecule has 0 aromatic rings. The minimum absolute atomic E-state index is 0.0208. The van der Waals surface area contributed by atoms with Gasteiger partial charge < -0.3 is 10.4 Å². The molecule has 0 aliphatic carbocycles. The van der Waals surface area contributed by atoms with Gasteiger partial charge in [-0.25, -0.2) is 0 Å². The fourth-order valence-corrected chi connectivity index (χ4v) is 1.18. The number of carboxylic acid groups (broad SMARTS) is 1. The van der Waals surface area contributed by atoms with E-state index in [-0.39, 0.29) is 18.4 Å². The van der Waals surface area contributed by atoms with Crippen molar-refractivity contribution in [2.75, 3.05) is 0 Å². The van der Waals surface area contributed by atoms with Crippen molar-refractivity contribution in [2.45, 2.75) is 46.1 Å². The van der Waals surface area contributed by atoms with Crippen molar-refractivity contribution in [1.29, 1.82) is 0 Å². The van der Waals surface area contributed by atoms with Crippen molar-refractivity contribution in [3.63, 3.8) is 0 Å². The number of amides is 1. The standard InChI is InChI=1S/C11H19NO3/c1-8(2)7-10(13)12-9(3)5-4-6-11(14)15/h7,9H,4-6H2,1-3H3,(H,12,13)(H,14,15). The maximum Gasteiger partial charge on any atom is 0.303 e. The summed E-state index contributed by atoms with van der Waals surface area (Å²) in [5.74, 6) is -0.907. The lowest BCUT2D eigenvalue weighted by Crippen LogP contribution is -2.31. The molecule has 4 heteroatoms. The van der Waals surface area contributed by atoms with Gasteiger partial charge in [0.2, 0.25) is 5.91 Å². The predicted octanol–water partition coefficient (Wildman–Crippen LogP) is 1.71. The zero-order valence-corrected chi connectivity index (χ0v) is 9.54. The van der Waals surface area contributed by atoms with Crippen LogP contribution < -0.4 is 5.32 Å². The van der Waals surface area contributed by atoms with Gasteiger partial charge >= 0.3 is 5.97 Å². The van der Waals surface area contributed by atoms with Gasteiger partial charge in [-0.3, -0.25) is 9.59 Å². The Kier molecular flexibility index (Phi) is 6.42. The SMILES string of the molecule is CC(C)=CC(=O)NC(C)CCCC(=O)O. The molecule has 0 fully saturated rings. The van der Waals surface area contributed by atoms with Crippen molar-refractivity contribution in [1.82, 2.24) is 5.32 Å². The smallest absolute Gasteiger partial charge is 0.303 e. The molecule has 0 rings (SSSR count). The van der Waals surface area contributed by atoms with E-state index in [2.05, 4.69) is 5.32 Å². The van der Waals surface area contributed by atoms with Crippen molar-refractivity contribution < 1.29 is 14.7 Å². The minimum atomic E-state index is -0.794. The molecular formula is C11H19NO3. The van der Waals surface area contributed by atoms with Crippen LogP contribution in [0.15, 0.2) is 11.6 Å². The molecule has 0 saturated heterocycles. The van der Waals surface area contributed by atoms with E-state index in [9.17, 15) is 9.59 Å². The molecule has 1 atom stereocenters. The van der Waals surface area contributed by atoms with Gasteiger partial charge in [-0.15, -0.1) is 0 Å². The minimum Gasteiger partial charge on any atom is -0.481 e. The first-order valence-electron chi connectivity index (χ1n) is 5.09. The summed E-state index contributed by atoms with van der Waals surface area (Å²) in [5, 5.41) is 11.2. The van der Waals surface area contributed by atoms with Crippen LogP contribution in [0.3, 0.4) is 0 Å². The van der Waals surface area contributed by atoms with Gasteiger partial charge in [0.25, 0.3) is 0 Å². The second kappa shape index (κ2) is 7.04. The Hall–Kier alpha value is -1.32. The van der Waals surface area contributed by atoms with Gasteiger partial charge in [0.05, 0.1) is 0 Å². The molecule has 0 saturated carbocycles. The number of allylic oxidation sites excluding steroid dienone is 1. The van der Waals surface area contributed by atoms with E-state index in [1.807, 2.05) is 20.8 Å². The zero-order valence-electron chi connectivity index (χ0n) is 9.54. The van der Waals surface area contributed by atoms with Crippen molar-refractivity contribution in [3.05, 3.63) is 11.6 Å². The largest absolute Gasteiger partial charge is 0.481 e. The Morgan fingerprint density at radius 3 is 2.47 bits per heavy atom. The summed E-state index contributed by atoms with van der Waals surface area (Å²) in [6.45, 7) is 5.59. The third kappa shape index (κ3) is 9.00. The number of carbonyl (C=O) groups is 2. The molecule has 0 radical (unpaired) electrons. The van der Waals surface area contributed by atoms with E-state index in [4.69, 9.17) is 5.11 Å². The van der Waals surface area contributed by atoms with E-state index >= 15 is 0 Å². The van der Waals surface area contributed by atoms with Crippen molar-refractivity contribution in [3.8, 4) is 0 Å². The molecule has 1 unspecified atom stereocenters. The molecular weight excluding hydrogens is 194 g/mol. The van der Waals surface area contributed by atoms with E-state index in [0.29, 0.717) is 12.8 Å². The summed E-state index contributed by atoms with van der Waals surface area (Å²) in [6.07, 6.45) is 2.97. The summed E-state index contributed by atoms with van der Waals surface area (Å²) in [6, 6.07) is 0.0208. The third-order valence-electron chi connectivity index (χ3n) is 1.84. The topological polar surface area (TPSA) is 66.4 Å². The van der Waals surface area contributed by atoms with Crippen LogP contribution in [0, 0.1) is 0 Å². The quantitative estimate of drug-likeness (QED) is 0.660. The van der Waals surface area contributed by atoms with Crippen LogP contribution in [-0.2, 0) is 9.59 Å². The first-order chi connectivity index (χ1) is 6.91. The molecule has 15 heavy (non-hydrogen) atoms. The molecule has 4 nitrogen and oxygen atoms in total. The first-order valence-corrected chi connectivity index (χ1v) is 5.09. The number of carbonyl (C=O) groups excluding carboxylic acids is 1. The Morgan fingerprint density at radius 2 is 2.00 bits per heavy atom. The Labute approximate surface area is 90.4 Å². The summed E-state index contributed by atoms with van der Waals surface area (Å²) >= 11 is 0. The van der Waals surface area contributed by atoms with Gasteiger partial charge in [0, 0.05) is 18.5 Å². The van der Waals surface area contributed by atoms with Crippen molar-refractivity contribution >= 4 is 11.9 Å². The summed E-state index contributed by atoms with van der Waals surface area (Å²) in [5.41, 5.74) is 0.949. The van der Waals surface area contributed by atoms with E-state index in [1.54, 1.807) is 0 Å². The molecule has 0 spiro atoms. The average Bonchev–Trinajstić information content (AvgIpc) is 2.00. The molecule has 86 valence electrons. The van der Waals surface area contributed by atoms with Gasteiger partial charge in [-0.1, -0.05) is 5.57 Å². The number of rotatable bonds is 6. The maximum atomic E-state index is 11.3. The number of aliphatic carboxylic acids is 1. The second-order valence-corrected chi connectivity index (χ2v) is 3.92. The molecule has 0 aliphatic heterocycles. The fourth-order valence-electron chi connectivity index (χ4n) is 1.18. The Bertz CT molecular complexity index is 255. The lowest BCUT2D eigenvalue weighted by Gasteiger charge is -2.11. The van der Waals surface area contributed by atoms with Gasteiger partial charge in [0.1, 0.15) is 0 Å². The summed E-state index contributed by atoms with van der Waals surface area (Å²) in [7, 11) is 0. The zero-order chi connectivity index (χ0) is 11.8. The molecule has 0 aliphatic rings. The average molecular weight is 213 g/mol. The van der Waals surface area contributed by atoms with Crippen LogP contribution in [0.1, 0.15) is 40.0 Å². The number of nitrogens with one attached hydrogen (secondary N) is 1. The van der Waals surface area contributed by atoms with Crippen LogP contribution in [0.5, 0.6) is 0 Å². The highest BCUT2D eigenvalue weighted by atomic mass is 16.4. The van der Waals surface area contributed by atoms with Crippen molar-refractivity contribution in [2.24, 2.45) is 0 Å². The lowest BCUT2D eigenvalue weighted by atomic mass is 10.1. The normalized spacial score (nSPS) is 11.7. The van der Waals surface area contributed by atoms with E-state index in [1.165, 1.54) is 6.08 Å². The van der Waals surface area contributed by atoms with Crippen LogP contribution in [0.4, 0.5) is 0 Å². The Balaban J connectivity index is 3.74. The van der Waals surface area contributed by atoms with Crippen LogP contribution in [-0.4, -0.2) is 23.0 Å². The Morgan fingerprint density at radius 1 is 1.40 bits per heavy atom. The van der Waals surface area contributed by atoms with Gasteiger partial charge in [-0.2, -0.15) is 0 Å². The second-order valence-electron chi connectivity index (χ2n) is 3.92. The lowest BCUT2D eigenvalue weighted by molar-refractivity contribution is -0.137. The van der Waals surface area contributed by atoms with Crippen LogP contribution in [0.25, 0.3) is 0 Å². The fraction of sp³-hybridized carbons (Fsp3) is 0.636.